The van der Waals surface area contributed by atoms with E-state index in [2.05, 4.69) is 10.4 Å². The van der Waals surface area contributed by atoms with Crippen LogP contribution in [0, 0.1) is 0 Å². The number of fused-ring (bicyclic) bond motifs is 1. The molecular weight excluding hydrogens is 284 g/mol. The van der Waals surface area contributed by atoms with Crippen LogP contribution in [-0.4, -0.2) is 38.4 Å². The Bertz CT molecular complexity index is 746. The van der Waals surface area contributed by atoms with Crippen molar-refractivity contribution in [3.05, 3.63) is 47.7 Å². The largest absolute Gasteiger partial charge is 0.307 e. The highest BCUT2D eigenvalue weighted by molar-refractivity contribution is 6.23. The van der Waals surface area contributed by atoms with Crippen LogP contribution in [0.3, 0.4) is 0 Å². The summed E-state index contributed by atoms with van der Waals surface area (Å²) in [6.07, 6.45) is 1.68. The van der Waals surface area contributed by atoms with Gasteiger partial charge in [0.05, 0.1) is 11.1 Å². The molecule has 1 aromatic heterocycles. The van der Waals surface area contributed by atoms with E-state index in [4.69, 9.17) is 0 Å². The summed E-state index contributed by atoms with van der Waals surface area (Å²) in [5.41, 5.74) is 0.648. The summed E-state index contributed by atoms with van der Waals surface area (Å²) in [4.78, 5) is 37.8. The Morgan fingerprint density at radius 2 is 1.73 bits per heavy atom. The Labute approximate surface area is 126 Å². The first-order chi connectivity index (χ1) is 10.5. The van der Waals surface area contributed by atoms with Crippen molar-refractivity contribution in [2.45, 2.75) is 13.0 Å². The molecule has 0 saturated heterocycles. The monoisotopic (exact) mass is 298 g/mol. The van der Waals surface area contributed by atoms with Crippen molar-refractivity contribution < 1.29 is 14.4 Å². The van der Waals surface area contributed by atoms with Crippen molar-refractivity contribution in [2.75, 3.05) is 5.32 Å². The molecule has 1 aliphatic heterocycles. The summed E-state index contributed by atoms with van der Waals surface area (Å²) in [6, 6.07) is 7.25. The van der Waals surface area contributed by atoms with E-state index in [0.717, 1.165) is 4.90 Å². The van der Waals surface area contributed by atoms with Gasteiger partial charge in [0.1, 0.15) is 6.04 Å². The molecule has 3 amide bonds. The smallest absolute Gasteiger partial charge is 0.262 e. The Balaban J connectivity index is 1.81. The maximum atomic E-state index is 12.3. The van der Waals surface area contributed by atoms with Crippen LogP contribution in [-0.2, 0) is 11.8 Å². The highest BCUT2D eigenvalue weighted by Gasteiger charge is 2.40. The molecular formula is C15H14N4O3. The summed E-state index contributed by atoms with van der Waals surface area (Å²) in [7, 11) is 1.73. The van der Waals surface area contributed by atoms with Gasteiger partial charge in [-0.3, -0.25) is 24.0 Å². The molecule has 0 radical (unpaired) electrons. The van der Waals surface area contributed by atoms with Gasteiger partial charge in [-0.25, -0.2) is 0 Å². The minimum Gasteiger partial charge on any atom is -0.307 e. The molecule has 3 rings (SSSR count). The number of benzene rings is 1. The first-order valence-corrected chi connectivity index (χ1v) is 6.76. The number of anilines is 1. The van der Waals surface area contributed by atoms with Crippen LogP contribution in [0.25, 0.3) is 0 Å². The number of carbonyl (C=O) groups excluding carboxylic acids is 3. The number of hydrogen-bond acceptors (Lipinski definition) is 4. The average Bonchev–Trinajstić information content (AvgIpc) is 3.01. The third-order valence-electron chi connectivity index (χ3n) is 3.56. The lowest BCUT2D eigenvalue weighted by Crippen LogP contribution is -2.45. The summed E-state index contributed by atoms with van der Waals surface area (Å²) in [5, 5.41) is 6.62. The van der Waals surface area contributed by atoms with Crippen molar-refractivity contribution in [2.24, 2.45) is 7.05 Å². The Morgan fingerprint density at radius 3 is 2.23 bits per heavy atom. The molecule has 2 aromatic rings. The first-order valence-electron chi connectivity index (χ1n) is 6.76. The molecule has 1 N–H and O–H groups in total. The van der Waals surface area contributed by atoms with Gasteiger partial charge >= 0.3 is 0 Å². The van der Waals surface area contributed by atoms with Gasteiger partial charge in [0.2, 0.25) is 5.91 Å². The number of hydrogen-bond donors (Lipinski definition) is 1. The number of rotatable bonds is 3. The maximum Gasteiger partial charge on any atom is 0.262 e. The zero-order valence-electron chi connectivity index (χ0n) is 12.1. The molecule has 1 atom stereocenters. The number of amides is 3. The molecule has 7 heteroatoms. The number of carbonyl (C=O) groups is 3. The van der Waals surface area contributed by atoms with Gasteiger partial charge in [0.25, 0.3) is 11.8 Å². The fourth-order valence-corrected chi connectivity index (χ4v) is 2.39. The zero-order chi connectivity index (χ0) is 15.9. The number of imide groups is 1. The highest BCUT2D eigenvalue weighted by atomic mass is 16.2. The zero-order valence-corrected chi connectivity index (χ0v) is 12.1. The number of aryl methyl sites for hydroxylation is 1. The van der Waals surface area contributed by atoms with Gasteiger partial charge in [-0.2, -0.15) is 5.10 Å². The quantitative estimate of drug-likeness (QED) is 0.858. The van der Waals surface area contributed by atoms with Crippen LogP contribution in [0.4, 0.5) is 5.82 Å². The lowest BCUT2D eigenvalue weighted by atomic mass is 10.1. The fraction of sp³-hybridized carbons (Fsp3) is 0.200. The summed E-state index contributed by atoms with van der Waals surface area (Å²) in [5.74, 6) is -1.00. The lowest BCUT2D eigenvalue weighted by Gasteiger charge is -2.21. The van der Waals surface area contributed by atoms with Crippen LogP contribution < -0.4 is 5.32 Å². The SMILES string of the molecule is CC(C(=O)Nc1ccn(C)n1)N1C(=O)c2ccccc2C1=O. The van der Waals surface area contributed by atoms with E-state index >= 15 is 0 Å². The molecule has 0 bridgehead atoms. The van der Waals surface area contributed by atoms with Gasteiger partial charge in [-0.1, -0.05) is 12.1 Å². The van der Waals surface area contributed by atoms with Crippen LogP contribution in [0.5, 0.6) is 0 Å². The van der Waals surface area contributed by atoms with E-state index in [1.807, 2.05) is 0 Å². The fourth-order valence-electron chi connectivity index (χ4n) is 2.39. The maximum absolute atomic E-state index is 12.3. The normalized spacial score (nSPS) is 14.9. The van der Waals surface area contributed by atoms with Gasteiger partial charge in [0, 0.05) is 19.3 Å². The van der Waals surface area contributed by atoms with Crippen LogP contribution in [0.1, 0.15) is 27.6 Å². The third kappa shape index (κ3) is 2.16. The molecule has 1 aromatic carbocycles. The van der Waals surface area contributed by atoms with Gasteiger partial charge in [-0.05, 0) is 19.1 Å². The van der Waals surface area contributed by atoms with Crippen LogP contribution >= 0.6 is 0 Å². The van der Waals surface area contributed by atoms with Crippen molar-refractivity contribution in [1.29, 1.82) is 0 Å². The summed E-state index contributed by atoms with van der Waals surface area (Å²) < 4.78 is 1.54. The third-order valence-corrected chi connectivity index (χ3v) is 3.56. The van der Waals surface area contributed by atoms with Crippen LogP contribution in [0.2, 0.25) is 0 Å². The highest BCUT2D eigenvalue weighted by Crippen LogP contribution is 2.24. The van der Waals surface area contributed by atoms with Gasteiger partial charge < -0.3 is 5.32 Å². The topological polar surface area (TPSA) is 84.3 Å². The molecule has 2 heterocycles. The molecule has 0 fully saturated rings. The van der Waals surface area contributed by atoms with E-state index in [1.165, 1.54) is 6.92 Å². The van der Waals surface area contributed by atoms with Crippen molar-refractivity contribution in [1.82, 2.24) is 14.7 Å². The predicted octanol–water partition coefficient (Wildman–Crippen LogP) is 1.04. The van der Waals surface area contributed by atoms with E-state index in [-0.39, 0.29) is 0 Å². The van der Waals surface area contributed by atoms with Crippen LogP contribution in [0.15, 0.2) is 36.5 Å². The minimum absolute atomic E-state index is 0.324. The van der Waals surface area contributed by atoms with Crippen molar-refractivity contribution in [3.63, 3.8) is 0 Å². The number of nitrogens with zero attached hydrogens (tertiary/aromatic N) is 3. The van der Waals surface area contributed by atoms with Crippen molar-refractivity contribution in [3.8, 4) is 0 Å². The average molecular weight is 298 g/mol. The summed E-state index contributed by atoms with van der Waals surface area (Å²) >= 11 is 0. The standard InChI is InChI=1S/C15H14N4O3/c1-9(13(20)16-12-7-8-18(2)17-12)19-14(21)10-5-3-4-6-11(10)15(19)22/h3-9H,1-2H3,(H,16,17,20). The second kappa shape index (κ2) is 5.10. The van der Waals surface area contributed by atoms with E-state index in [0.29, 0.717) is 16.9 Å². The molecule has 1 unspecified atom stereocenters. The van der Waals surface area contributed by atoms with Crippen molar-refractivity contribution >= 4 is 23.5 Å². The molecule has 0 aliphatic carbocycles. The van der Waals surface area contributed by atoms with Gasteiger partial charge in [0.15, 0.2) is 5.82 Å². The second-order valence-corrected chi connectivity index (χ2v) is 5.07. The number of aromatic nitrogens is 2. The minimum atomic E-state index is -0.922. The van der Waals surface area contributed by atoms with E-state index in [9.17, 15) is 14.4 Å². The van der Waals surface area contributed by atoms with E-state index in [1.54, 1.807) is 48.3 Å². The van der Waals surface area contributed by atoms with E-state index < -0.39 is 23.8 Å². The Hall–Kier alpha value is -2.96. The van der Waals surface area contributed by atoms with Gasteiger partial charge in [-0.15, -0.1) is 0 Å². The Kier molecular flexibility index (Phi) is 3.25. The number of nitrogens with one attached hydrogen (secondary N) is 1. The molecule has 22 heavy (non-hydrogen) atoms. The summed E-state index contributed by atoms with van der Waals surface area (Å²) in [6.45, 7) is 1.51. The molecule has 112 valence electrons. The second-order valence-electron chi connectivity index (χ2n) is 5.07. The molecule has 7 nitrogen and oxygen atoms in total. The molecule has 1 aliphatic rings. The first kappa shape index (κ1) is 14.0. The lowest BCUT2D eigenvalue weighted by molar-refractivity contribution is -0.119. The molecule has 0 spiro atoms. The predicted molar refractivity (Wildman–Crippen MR) is 78.2 cm³/mol. The molecule has 0 saturated carbocycles. The Morgan fingerprint density at radius 1 is 1.14 bits per heavy atom.